The molecule has 6 heterocycles. The first-order valence-corrected chi connectivity index (χ1v) is 47.4. The van der Waals surface area contributed by atoms with Crippen LogP contribution in [0.2, 0.25) is 0 Å². The molecule has 6 aliphatic rings. The third-order valence-electron chi connectivity index (χ3n) is 20.9. The fourth-order valence-corrected chi connectivity index (χ4v) is 11.6. The number of carbonyl (C=O) groups is 7. The van der Waals surface area contributed by atoms with Crippen molar-refractivity contribution in [1.29, 1.82) is 0 Å². The maximum absolute atomic E-state index is 11.6. The first-order valence-electron chi connectivity index (χ1n) is 42.7. The number of aliphatic hydroxyl groups is 3. The van der Waals surface area contributed by atoms with E-state index in [0.717, 1.165) is 37.8 Å². The SMILES string of the molecule is CC1(C)OB(B2OC(C)(C)C(C)(C)O2)OC1(C)C.CC1(C)OCC(COc2cccc(C=O)c2B2OC(C)(C)C(C)(C)O2)CO1.CC1(C)OCC(COc2cccc(C=O)c2Br)CO1.CCC1COC(C)(C)OC1.CCOC(=O)C(C(=O)OCC)C(=O)OCC.COC(C)(C)OC.CSC.Cc1ccc(S(=O)(=O)O)cc1.O=CO[O-].O=Cc1cccc(O)c1Br.OCC(CO)CO.[B].[H-].[K+].[K+]. The van der Waals surface area contributed by atoms with Crippen molar-refractivity contribution < 1.29 is 271 Å². The molecule has 0 aliphatic carbocycles. The number of phenols is 1. The van der Waals surface area contributed by atoms with E-state index in [-0.39, 0.29) is 215 Å². The molecular weight excluding hydrogens is 1990 g/mol. The second kappa shape index (κ2) is 67.0. The maximum atomic E-state index is 11.6. The van der Waals surface area contributed by atoms with Crippen molar-refractivity contribution in [3.8, 4) is 17.2 Å². The molecule has 0 amide bonds. The zero-order valence-electron chi connectivity index (χ0n) is 85.7. The van der Waals surface area contributed by atoms with Gasteiger partial charge in [-0.05, 0) is 247 Å². The molecular formula is C90H145B4Br2K2O35S2. The minimum atomic E-state index is -4.02. The first-order chi connectivity index (χ1) is 61.2. The molecule has 755 valence electrons. The number of aromatic hydroxyl groups is 1. The zero-order valence-corrected chi connectivity index (χ0v) is 95.7. The molecule has 3 radical (unpaired) electrons. The van der Waals surface area contributed by atoms with Crippen LogP contribution in [0.4, 0.5) is 0 Å². The van der Waals surface area contributed by atoms with E-state index in [9.17, 15) is 37.2 Å². The Morgan fingerprint density at radius 3 is 1.09 bits per heavy atom. The molecule has 6 fully saturated rings. The number of carbonyl (C=O) groups excluding carboxylic acids is 7. The Morgan fingerprint density at radius 2 is 0.815 bits per heavy atom. The van der Waals surface area contributed by atoms with E-state index in [1.165, 1.54) is 18.2 Å². The zero-order chi connectivity index (χ0) is 102. The number of aliphatic hydroxyl groups excluding tert-OH is 3. The standard InChI is InChI=1S/C20H29BO6.C14H17BrO4.C12H24B2O4.C10H16O6.C8H16O2.C7H5BrO2.C7H8O3S.C5H12O2.C4H10O3.C2H6S.CH2O3.B.2K.H/c1-18(2)19(3,4)27-21(26-18)17-15(10-22)8-7-9-16(17)23-11-14-12-24-20(5,6)25-13-14;1-14(2)18-8-10(9-19-14)7-17-12-5-3-4-11(6-16)13(12)15;1-9(2)10(3,4)16-13(15-9)14-17-11(5,6)12(7,8)18-14;1-4-14-8(11)7(9(12)15-5-2)10(13)16-6-3;1-4-7-5-9-8(2,3)10-6-7;8-7-5(4-9)2-1-3-6(7)10;1-6-2-4-7(5-3-6)11(8,9)10;1-5(2,6-3)7-4;5-1-4(2-6)3-7;1-3-2;2-1-4-3;;;;/h7-10,14H,11-13H2,1-6H3;3-6,10H,7-9H2,1-2H3;1-8H3;7H,4-6H2,1-3H3;7H,4-6H2,1-3H3;1-4,10H;2-5H,1H3,(H,8,9,10);1-4H3;4-7H,1-3H2;1-2H3;1,3H;;;;/q;;;;;;;;;;;;2*+1;-1/p-1. The topological polar surface area (TPSA) is 462 Å². The summed E-state index contributed by atoms with van der Waals surface area (Å²) in [5, 5.41) is 42.1. The second-order valence-corrected chi connectivity index (χ2v) is 38.6. The van der Waals surface area contributed by atoms with Crippen molar-refractivity contribution in [2.75, 3.05) is 119 Å². The monoisotopic (exact) mass is 2130 g/mol. The molecule has 6 aliphatic heterocycles. The molecule has 0 saturated carbocycles. The average Bonchev–Trinajstić information content (AvgIpc) is 1.59. The van der Waals surface area contributed by atoms with Crippen LogP contribution in [0.3, 0.4) is 0 Å². The number of hydrogen-bond acceptors (Lipinski definition) is 35. The Labute approximate surface area is 910 Å². The molecule has 10 rings (SSSR count). The Hall–Kier alpha value is -2.80. The van der Waals surface area contributed by atoms with Gasteiger partial charge in [-0.15, -0.1) is 0 Å². The Kier molecular flexibility index (Phi) is 68.7. The molecule has 135 heavy (non-hydrogen) atoms. The summed E-state index contributed by atoms with van der Waals surface area (Å²) < 4.78 is 136. The van der Waals surface area contributed by atoms with Crippen LogP contribution in [0, 0.1) is 36.5 Å². The number of methoxy groups -OCH3 is 2. The third kappa shape index (κ3) is 50.5. The fourth-order valence-electron chi connectivity index (χ4n) is 10.3. The number of phenolic OH excluding ortho intramolecular Hbond substituents is 1. The summed E-state index contributed by atoms with van der Waals surface area (Å²) in [6, 6.07) is 21.5. The van der Waals surface area contributed by atoms with E-state index in [4.69, 9.17) is 110 Å². The van der Waals surface area contributed by atoms with Crippen LogP contribution in [0.5, 0.6) is 17.2 Å². The van der Waals surface area contributed by atoms with Crippen LogP contribution < -0.4 is 123 Å². The smallest absolute Gasteiger partial charge is 1.00 e. The minimum absolute atomic E-state index is 0. The van der Waals surface area contributed by atoms with E-state index >= 15 is 0 Å². The Morgan fingerprint density at radius 1 is 0.519 bits per heavy atom. The Bertz CT molecular complexity index is 4030. The van der Waals surface area contributed by atoms with Gasteiger partial charge in [0.05, 0.1) is 140 Å². The van der Waals surface area contributed by atoms with Gasteiger partial charge >= 0.3 is 142 Å². The number of ether oxygens (including phenoxy) is 13. The minimum Gasteiger partial charge on any atom is -1.00 e. The van der Waals surface area contributed by atoms with Gasteiger partial charge in [0.25, 0.3) is 22.5 Å². The summed E-state index contributed by atoms with van der Waals surface area (Å²) >= 11 is 8.17. The van der Waals surface area contributed by atoms with Crippen LogP contribution in [0.25, 0.3) is 0 Å². The van der Waals surface area contributed by atoms with Gasteiger partial charge in [0.1, 0.15) is 23.5 Å². The Balaban J connectivity index is -0.000000481. The van der Waals surface area contributed by atoms with E-state index in [1.807, 2.05) is 170 Å². The number of halogens is 2. The fraction of sp³-hybridized carbons (Fsp3) is 0.656. The summed E-state index contributed by atoms with van der Waals surface area (Å²) in [6.45, 7) is 52.6. The molecule has 45 heteroatoms. The van der Waals surface area contributed by atoms with Gasteiger partial charge in [-0.3, -0.25) is 38.1 Å². The van der Waals surface area contributed by atoms with Crippen molar-refractivity contribution in [3.05, 3.63) is 110 Å². The number of thioether (sulfide) groups is 1. The van der Waals surface area contributed by atoms with E-state index in [2.05, 4.69) is 57.9 Å². The summed E-state index contributed by atoms with van der Waals surface area (Å²) in [6.07, 6.45) is 7.52. The molecule has 0 atom stereocenters. The normalized spacial score (nSPS) is 18.0. The largest absolute Gasteiger partial charge is 1.00 e. The van der Waals surface area contributed by atoms with Crippen molar-refractivity contribution in [2.45, 2.75) is 241 Å². The van der Waals surface area contributed by atoms with Gasteiger partial charge in [0.2, 0.25) is 0 Å². The van der Waals surface area contributed by atoms with Gasteiger partial charge < -0.3 is 122 Å². The van der Waals surface area contributed by atoms with E-state index < -0.39 is 83.6 Å². The van der Waals surface area contributed by atoms with Crippen molar-refractivity contribution >= 4 is 132 Å². The van der Waals surface area contributed by atoms with Crippen LogP contribution >= 0.6 is 43.6 Å². The van der Waals surface area contributed by atoms with Crippen LogP contribution in [-0.4, -0.2) is 282 Å². The van der Waals surface area contributed by atoms with E-state index in [1.54, 1.807) is 95.3 Å². The summed E-state index contributed by atoms with van der Waals surface area (Å²) in [5.74, 6) is -4.39. The maximum Gasteiger partial charge on any atom is 1.00 e. The molecule has 4 aromatic rings. The molecule has 0 bridgehead atoms. The van der Waals surface area contributed by atoms with Gasteiger partial charge in [0.15, 0.2) is 35.7 Å². The van der Waals surface area contributed by atoms with Crippen LogP contribution in [-0.2, 0) is 114 Å². The average molecular weight is 2130 g/mol. The third-order valence-corrected chi connectivity index (χ3v) is 23.5. The van der Waals surface area contributed by atoms with Gasteiger partial charge in [0, 0.05) is 68.5 Å². The summed E-state index contributed by atoms with van der Waals surface area (Å²) in [4.78, 5) is 77.9. The number of aldehydes is 3. The number of rotatable bonds is 25. The summed E-state index contributed by atoms with van der Waals surface area (Å²) in [7, 11) is -2.40. The predicted molar refractivity (Wildman–Crippen MR) is 511 cm³/mol. The molecule has 4 aromatic carbocycles. The van der Waals surface area contributed by atoms with Gasteiger partial charge in [-0.25, -0.2) is 0 Å². The predicted octanol–water partition coefficient (Wildman–Crippen LogP) is 5.91. The van der Waals surface area contributed by atoms with Crippen molar-refractivity contribution in [3.63, 3.8) is 0 Å². The molecule has 0 aromatic heterocycles. The molecule has 35 nitrogen and oxygen atoms in total. The molecule has 5 N–H and O–H groups in total. The van der Waals surface area contributed by atoms with Crippen molar-refractivity contribution in [2.24, 2.45) is 29.6 Å². The van der Waals surface area contributed by atoms with Gasteiger partial charge in [-0.1, -0.05) is 61.0 Å². The number of benzene rings is 4. The van der Waals surface area contributed by atoms with Crippen LogP contribution in [0.15, 0.2) is 92.7 Å². The van der Waals surface area contributed by atoms with Crippen LogP contribution in [0.1, 0.15) is 211 Å². The number of esters is 3. The molecule has 0 spiro atoms. The quantitative estimate of drug-likeness (QED) is 0.00592. The number of aryl methyl sites for hydroxylation is 1. The number of hydrogen-bond donors (Lipinski definition) is 5. The van der Waals surface area contributed by atoms with Gasteiger partial charge in [-0.2, -0.15) is 20.2 Å². The van der Waals surface area contributed by atoms with Crippen molar-refractivity contribution in [1.82, 2.24) is 0 Å². The molecule has 6 saturated heterocycles. The molecule has 0 unspecified atom stereocenters. The van der Waals surface area contributed by atoms with E-state index in [0.29, 0.717) is 94.4 Å². The summed E-state index contributed by atoms with van der Waals surface area (Å²) in [5.41, 5.74) is 0.688. The first kappa shape index (κ1) is 138. The second-order valence-electron chi connectivity index (χ2n) is 34.8.